The van der Waals surface area contributed by atoms with Gasteiger partial charge in [0, 0.05) is 12.3 Å². The van der Waals surface area contributed by atoms with Crippen LogP contribution < -0.4 is 0 Å². The number of ether oxygens (including phenoxy) is 3. The Labute approximate surface area is 161 Å². The Bertz CT molecular complexity index is 745. The second-order valence-corrected chi connectivity index (χ2v) is 9.71. The zero-order valence-corrected chi connectivity index (χ0v) is 16.6. The number of sulfone groups is 1. The standard InChI is InChI=1S/C20H28O6S/c1-4-8-17-16(13-27(22,23)15-9-6-5-7-10-15)19(21)18(25-17)11-14-12-24-20(2,3)26-14/h4-7,9-10,14,16-19,21H,1,8,11-13H2,2-3H3/t14?,16?,17-,18+,19+/m0/s1. The lowest BCUT2D eigenvalue weighted by molar-refractivity contribution is -0.143. The molecule has 5 atom stereocenters. The molecule has 2 fully saturated rings. The van der Waals surface area contributed by atoms with Crippen LogP contribution in [0.25, 0.3) is 0 Å². The molecular weight excluding hydrogens is 368 g/mol. The molecule has 0 spiro atoms. The van der Waals surface area contributed by atoms with Crippen LogP contribution in [0.3, 0.4) is 0 Å². The van der Waals surface area contributed by atoms with Gasteiger partial charge in [0.25, 0.3) is 0 Å². The van der Waals surface area contributed by atoms with Gasteiger partial charge in [0.15, 0.2) is 15.6 Å². The largest absolute Gasteiger partial charge is 0.390 e. The summed E-state index contributed by atoms with van der Waals surface area (Å²) in [5.74, 6) is -1.33. The SMILES string of the molecule is C=CC[C@@H]1O[C@H](CC2COC(C)(C)O2)[C@H](O)C1CS(=O)(=O)c1ccccc1. The van der Waals surface area contributed by atoms with Crippen LogP contribution in [-0.2, 0) is 24.0 Å². The fourth-order valence-electron chi connectivity index (χ4n) is 3.81. The number of aliphatic hydroxyl groups excluding tert-OH is 1. The molecule has 0 aliphatic carbocycles. The minimum absolute atomic E-state index is 0.166. The van der Waals surface area contributed by atoms with Crippen molar-refractivity contribution >= 4 is 9.84 Å². The molecule has 3 rings (SSSR count). The number of hydrogen-bond donors (Lipinski definition) is 1. The smallest absolute Gasteiger partial charge is 0.178 e. The van der Waals surface area contributed by atoms with E-state index in [-0.39, 0.29) is 16.8 Å². The van der Waals surface area contributed by atoms with Crippen molar-refractivity contribution in [3.05, 3.63) is 43.0 Å². The van der Waals surface area contributed by atoms with E-state index >= 15 is 0 Å². The van der Waals surface area contributed by atoms with Gasteiger partial charge >= 0.3 is 0 Å². The maximum absolute atomic E-state index is 12.8. The summed E-state index contributed by atoms with van der Waals surface area (Å²) in [5.41, 5.74) is 0. The van der Waals surface area contributed by atoms with Crippen molar-refractivity contribution in [2.24, 2.45) is 5.92 Å². The van der Waals surface area contributed by atoms with Gasteiger partial charge in [-0.2, -0.15) is 0 Å². The second kappa shape index (κ2) is 8.01. The zero-order chi connectivity index (χ0) is 19.7. The molecule has 1 aromatic rings. The summed E-state index contributed by atoms with van der Waals surface area (Å²) in [5, 5.41) is 10.8. The van der Waals surface area contributed by atoms with Gasteiger partial charge in [-0.25, -0.2) is 8.42 Å². The molecule has 27 heavy (non-hydrogen) atoms. The highest BCUT2D eigenvalue weighted by Gasteiger charge is 2.47. The molecule has 0 amide bonds. The van der Waals surface area contributed by atoms with Crippen LogP contribution in [0.5, 0.6) is 0 Å². The Hall–Kier alpha value is -1.25. The molecule has 150 valence electrons. The quantitative estimate of drug-likeness (QED) is 0.713. The van der Waals surface area contributed by atoms with Crippen LogP contribution in [0.1, 0.15) is 26.7 Å². The van der Waals surface area contributed by atoms with Gasteiger partial charge in [0.2, 0.25) is 0 Å². The molecule has 2 unspecified atom stereocenters. The van der Waals surface area contributed by atoms with Crippen LogP contribution in [0.4, 0.5) is 0 Å². The van der Waals surface area contributed by atoms with E-state index in [0.717, 1.165) is 0 Å². The molecule has 0 saturated carbocycles. The molecular formula is C20H28O6S. The van der Waals surface area contributed by atoms with E-state index in [9.17, 15) is 13.5 Å². The van der Waals surface area contributed by atoms with Gasteiger partial charge in [-0.1, -0.05) is 24.3 Å². The highest BCUT2D eigenvalue weighted by molar-refractivity contribution is 7.91. The lowest BCUT2D eigenvalue weighted by Crippen LogP contribution is -2.35. The molecule has 7 heteroatoms. The second-order valence-electron chi connectivity index (χ2n) is 7.67. The Morgan fingerprint density at radius 1 is 1.26 bits per heavy atom. The van der Waals surface area contributed by atoms with E-state index in [1.54, 1.807) is 36.4 Å². The first-order valence-electron chi connectivity index (χ1n) is 9.26. The molecule has 0 radical (unpaired) electrons. The summed E-state index contributed by atoms with van der Waals surface area (Å²) in [6, 6.07) is 8.30. The summed E-state index contributed by atoms with van der Waals surface area (Å²) in [7, 11) is -3.53. The first-order valence-corrected chi connectivity index (χ1v) is 10.9. The third-order valence-electron chi connectivity index (χ3n) is 5.12. The van der Waals surface area contributed by atoms with Crippen molar-refractivity contribution < 1.29 is 27.7 Å². The first kappa shape index (κ1) is 20.5. The van der Waals surface area contributed by atoms with E-state index in [1.807, 2.05) is 13.8 Å². The molecule has 0 bridgehead atoms. The fraction of sp³-hybridized carbons (Fsp3) is 0.600. The van der Waals surface area contributed by atoms with Crippen molar-refractivity contribution in [3.63, 3.8) is 0 Å². The maximum atomic E-state index is 12.8. The summed E-state index contributed by atoms with van der Waals surface area (Å²) in [6.45, 7) is 7.84. The lowest BCUT2D eigenvalue weighted by Gasteiger charge is -2.21. The van der Waals surface area contributed by atoms with Crippen molar-refractivity contribution in [1.29, 1.82) is 0 Å². The van der Waals surface area contributed by atoms with Crippen molar-refractivity contribution in [3.8, 4) is 0 Å². The third-order valence-corrected chi connectivity index (χ3v) is 6.94. The van der Waals surface area contributed by atoms with Crippen LogP contribution in [0.2, 0.25) is 0 Å². The Morgan fingerprint density at radius 3 is 2.56 bits per heavy atom. The van der Waals surface area contributed by atoms with E-state index in [2.05, 4.69) is 6.58 Å². The Balaban J connectivity index is 1.72. The van der Waals surface area contributed by atoms with E-state index < -0.39 is 39.9 Å². The highest BCUT2D eigenvalue weighted by atomic mass is 32.2. The number of hydrogen-bond acceptors (Lipinski definition) is 6. The van der Waals surface area contributed by atoms with Gasteiger partial charge in [-0.3, -0.25) is 0 Å². The summed E-state index contributed by atoms with van der Waals surface area (Å²) >= 11 is 0. The van der Waals surface area contributed by atoms with Crippen molar-refractivity contribution in [2.45, 2.75) is 61.8 Å². The van der Waals surface area contributed by atoms with E-state index in [4.69, 9.17) is 14.2 Å². The third kappa shape index (κ3) is 4.78. The summed E-state index contributed by atoms with van der Waals surface area (Å²) in [4.78, 5) is 0.257. The normalized spacial score (nSPS) is 33.2. The number of benzene rings is 1. The van der Waals surface area contributed by atoms with Gasteiger partial charge in [0.1, 0.15) is 0 Å². The molecule has 0 aromatic heterocycles. The van der Waals surface area contributed by atoms with Crippen LogP contribution in [-0.4, -0.2) is 56.1 Å². The fourth-order valence-corrected chi connectivity index (χ4v) is 5.50. The molecule has 6 nitrogen and oxygen atoms in total. The maximum Gasteiger partial charge on any atom is 0.178 e. The minimum atomic E-state index is -3.53. The van der Waals surface area contributed by atoms with Crippen LogP contribution >= 0.6 is 0 Å². The lowest BCUT2D eigenvalue weighted by atomic mass is 9.94. The van der Waals surface area contributed by atoms with Gasteiger partial charge in [0.05, 0.1) is 41.7 Å². The highest BCUT2D eigenvalue weighted by Crippen LogP contribution is 2.36. The number of aliphatic hydroxyl groups is 1. The first-order chi connectivity index (χ1) is 12.7. The summed E-state index contributed by atoms with van der Waals surface area (Å²) in [6.07, 6.45) is 0.676. The summed E-state index contributed by atoms with van der Waals surface area (Å²) < 4.78 is 43.0. The minimum Gasteiger partial charge on any atom is -0.390 e. The number of rotatable bonds is 7. The predicted molar refractivity (Wildman–Crippen MR) is 101 cm³/mol. The van der Waals surface area contributed by atoms with Crippen molar-refractivity contribution in [2.75, 3.05) is 12.4 Å². The van der Waals surface area contributed by atoms with Gasteiger partial charge in [-0.05, 0) is 32.4 Å². The van der Waals surface area contributed by atoms with Crippen LogP contribution in [0, 0.1) is 5.92 Å². The van der Waals surface area contributed by atoms with Gasteiger partial charge < -0.3 is 19.3 Å². The molecule has 2 aliphatic heterocycles. The van der Waals surface area contributed by atoms with Crippen molar-refractivity contribution in [1.82, 2.24) is 0 Å². The molecule has 2 heterocycles. The molecule has 1 aromatic carbocycles. The zero-order valence-electron chi connectivity index (χ0n) is 15.8. The average molecular weight is 397 g/mol. The van der Waals surface area contributed by atoms with E-state index in [1.165, 1.54) is 0 Å². The Kier molecular flexibility index (Phi) is 6.08. The molecule has 2 aliphatic rings. The van der Waals surface area contributed by atoms with Gasteiger partial charge in [-0.15, -0.1) is 6.58 Å². The van der Waals surface area contributed by atoms with E-state index in [0.29, 0.717) is 19.4 Å². The predicted octanol–water partition coefficient (Wildman–Crippen LogP) is 2.32. The topological polar surface area (TPSA) is 82.1 Å². The molecule has 2 saturated heterocycles. The monoisotopic (exact) mass is 396 g/mol. The Morgan fingerprint density at radius 2 is 1.96 bits per heavy atom. The van der Waals surface area contributed by atoms with Crippen LogP contribution in [0.15, 0.2) is 47.9 Å². The molecule has 1 N–H and O–H groups in total. The average Bonchev–Trinajstić information content (AvgIpc) is 3.10.